The molecule has 0 atom stereocenters. The van der Waals surface area contributed by atoms with Gasteiger partial charge in [0.15, 0.2) is 11.2 Å². The molecule has 4 heterocycles. The lowest BCUT2D eigenvalue weighted by molar-refractivity contribution is -0.192. The van der Waals surface area contributed by atoms with Gasteiger partial charge >= 0.3 is 12.1 Å². The largest absolute Gasteiger partial charge is 0.490 e. The third-order valence-corrected chi connectivity index (χ3v) is 5.43. The van der Waals surface area contributed by atoms with Gasteiger partial charge in [-0.05, 0) is 19.4 Å². The van der Waals surface area contributed by atoms with Gasteiger partial charge in [0.1, 0.15) is 16.0 Å². The highest BCUT2D eigenvalue weighted by Gasteiger charge is 2.38. The van der Waals surface area contributed by atoms with E-state index in [0.29, 0.717) is 11.2 Å². The molecular formula is C18H20F3N5O3S. The van der Waals surface area contributed by atoms with Crippen LogP contribution < -0.4 is 15.6 Å². The van der Waals surface area contributed by atoms with Crippen LogP contribution >= 0.6 is 11.3 Å². The number of hydrogen-bond donors (Lipinski definition) is 3. The van der Waals surface area contributed by atoms with Crippen LogP contribution in [-0.4, -0.2) is 58.4 Å². The predicted molar refractivity (Wildman–Crippen MR) is 108 cm³/mol. The summed E-state index contributed by atoms with van der Waals surface area (Å²) in [5.74, 6) is -2.76. The molecule has 0 saturated carbocycles. The van der Waals surface area contributed by atoms with Crippen molar-refractivity contribution in [3.05, 3.63) is 26.9 Å². The average molecular weight is 443 g/mol. The summed E-state index contributed by atoms with van der Waals surface area (Å²) in [6.07, 6.45) is -4.31. The molecule has 3 aromatic rings. The standard InChI is InChI=1S/C16H19N5OS.C2HF3O2/c1-3-10-13(21-6-4-17-5-7-21)14(22)12-15(19-10)20-16-11(18-12)8-9(2)23-16;3-2(4,5)1(6)7/h8,17H,3-7H2,1-2H3,(H,19,20,22);(H,6,7). The second-order valence-corrected chi connectivity index (χ2v) is 7.88. The van der Waals surface area contributed by atoms with E-state index in [2.05, 4.69) is 32.1 Å². The molecule has 0 radical (unpaired) electrons. The smallest absolute Gasteiger partial charge is 0.475 e. The van der Waals surface area contributed by atoms with Gasteiger partial charge in [-0.25, -0.2) is 14.8 Å². The fourth-order valence-corrected chi connectivity index (χ4v) is 3.97. The molecular weight excluding hydrogens is 423 g/mol. The van der Waals surface area contributed by atoms with Crippen molar-refractivity contribution in [1.82, 2.24) is 20.3 Å². The molecule has 0 bridgehead atoms. The summed E-state index contributed by atoms with van der Waals surface area (Å²) in [5, 5.41) is 10.5. The van der Waals surface area contributed by atoms with Gasteiger partial charge in [0.25, 0.3) is 0 Å². The minimum Gasteiger partial charge on any atom is -0.475 e. The van der Waals surface area contributed by atoms with Gasteiger partial charge in [0.2, 0.25) is 5.43 Å². The molecule has 8 nitrogen and oxygen atoms in total. The van der Waals surface area contributed by atoms with Gasteiger partial charge < -0.3 is 20.3 Å². The molecule has 3 aromatic heterocycles. The number of pyridine rings is 1. The van der Waals surface area contributed by atoms with Crippen LogP contribution in [0.25, 0.3) is 21.5 Å². The molecule has 3 N–H and O–H groups in total. The third kappa shape index (κ3) is 4.54. The van der Waals surface area contributed by atoms with Crippen molar-refractivity contribution < 1.29 is 23.1 Å². The van der Waals surface area contributed by atoms with Gasteiger partial charge in [0, 0.05) is 36.8 Å². The number of nitrogens with zero attached hydrogens (tertiary/aromatic N) is 3. The van der Waals surface area contributed by atoms with Crippen molar-refractivity contribution >= 4 is 44.5 Å². The van der Waals surface area contributed by atoms with Crippen LogP contribution in [-0.2, 0) is 11.2 Å². The molecule has 162 valence electrons. The van der Waals surface area contributed by atoms with E-state index >= 15 is 0 Å². The molecule has 0 aromatic carbocycles. The Morgan fingerprint density at radius 3 is 2.50 bits per heavy atom. The van der Waals surface area contributed by atoms with Gasteiger partial charge in [-0.3, -0.25) is 4.79 Å². The van der Waals surface area contributed by atoms with Crippen molar-refractivity contribution in [1.29, 1.82) is 0 Å². The first-order chi connectivity index (χ1) is 14.1. The molecule has 12 heteroatoms. The zero-order valence-corrected chi connectivity index (χ0v) is 17.1. The Bertz CT molecular complexity index is 1140. The molecule has 1 aliphatic heterocycles. The highest BCUT2D eigenvalue weighted by Crippen LogP contribution is 2.25. The lowest BCUT2D eigenvalue weighted by Crippen LogP contribution is -2.45. The third-order valence-electron chi connectivity index (χ3n) is 4.50. The van der Waals surface area contributed by atoms with Crippen LogP contribution in [0.15, 0.2) is 10.9 Å². The summed E-state index contributed by atoms with van der Waals surface area (Å²) in [4.78, 5) is 38.7. The Labute approximate surface area is 172 Å². The minimum absolute atomic E-state index is 0.00393. The summed E-state index contributed by atoms with van der Waals surface area (Å²) in [7, 11) is 0. The summed E-state index contributed by atoms with van der Waals surface area (Å²) >= 11 is 1.60. The predicted octanol–water partition coefficient (Wildman–Crippen LogP) is 2.45. The maximum absolute atomic E-state index is 13.1. The summed E-state index contributed by atoms with van der Waals surface area (Å²) in [6.45, 7) is 7.57. The highest BCUT2D eigenvalue weighted by atomic mass is 32.1. The van der Waals surface area contributed by atoms with Crippen LogP contribution in [0, 0.1) is 6.92 Å². The van der Waals surface area contributed by atoms with Gasteiger partial charge in [-0.15, -0.1) is 11.3 Å². The van der Waals surface area contributed by atoms with Crippen molar-refractivity contribution in [3.8, 4) is 0 Å². The normalized spacial score (nSPS) is 14.6. The van der Waals surface area contributed by atoms with Crippen molar-refractivity contribution in [2.45, 2.75) is 26.4 Å². The van der Waals surface area contributed by atoms with Crippen molar-refractivity contribution in [2.24, 2.45) is 0 Å². The zero-order valence-electron chi connectivity index (χ0n) is 16.3. The van der Waals surface area contributed by atoms with Gasteiger partial charge in [-0.2, -0.15) is 13.2 Å². The first-order valence-electron chi connectivity index (χ1n) is 9.20. The van der Waals surface area contributed by atoms with Crippen LogP contribution in [0.3, 0.4) is 0 Å². The number of hydrogen-bond acceptors (Lipinski definition) is 7. The SMILES string of the molecule is CCc1[nH]c2nc3sc(C)cc3nc2c(=O)c1N1CCNCC1.O=C(O)C(F)(F)F. The topological polar surface area (TPSA) is 111 Å². The molecule has 0 unspecified atom stereocenters. The number of carboxylic acid groups (broad SMARTS) is 1. The lowest BCUT2D eigenvalue weighted by Gasteiger charge is -2.30. The van der Waals surface area contributed by atoms with E-state index in [1.54, 1.807) is 11.3 Å². The number of piperazine rings is 1. The number of aromatic amines is 1. The Morgan fingerprint density at radius 2 is 1.93 bits per heavy atom. The minimum atomic E-state index is -5.08. The van der Waals surface area contributed by atoms with Crippen molar-refractivity contribution in [2.75, 3.05) is 31.1 Å². The number of halogens is 3. The van der Waals surface area contributed by atoms with E-state index in [-0.39, 0.29) is 5.43 Å². The van der Waals surface area contributed by atoms with E-state index in [9.17, 15) is 18.0 Å². The monoisotopic (exact) mass is 443 g/mol. The van der Waals surface area contributed by atoms with E-state index < -0.39 is 12.1 Å². The maximum atomic E-state index is 13.1. The van der Waals surface area contributed by atoms with Crippen LogP contribution in [0.4, 0.5) is 18.9 Å². The second kappa shape index (κ2) is 8.56. The first kappa shape index (κ1) is 22.0. The second-order valence-electron chi connectivity index (χ2n) is 6.64. The fraction of sp³-hybridized carbons (Fsp3) is 0.444. The number of aliphatic carboxylic acids is 1. The molecule has 1 aliphatic rings. The van der Waals surface area contributed by atoms with Gasteiger partial charge in [0.05, 0.1) is 0 Å². The molecule has 30 heavy (non-hydrogen) atoms. The number of H-pyrrole nitrogens is 1. The summed E-state index contributed by atoms with van der Waals surface area (Å²) in [6, 6.07) is 1.99. The number of carboxylic acids is 1. The van der Waals surface area contributed by atoms with Crippen molar-refractivity contribution in [3.63, 3.8) is 0 Å². The lowest BCUT2D eigenvalue weighted by atomic mass is 10.2. The number of alkyl halides is 3. The Kier molecular flexibility index (Phi) is 6.27. The number of nitrogens with one attached hydrogen (secondary N) is 2. The number of aromatic nitrogens is 3. The van der Waals surface area contributed by atoms with Gasteiger partial charge in [-0.1, -0.05) is 6.92 Å². The number of rotatable bonds is 2. The average Bonchev–Trinajstić information content (AvgIpc) is 3.05. The molecule has 0 amide bonds. The first-order valence-corrected chi connectivity index (χ1v) is 10.0. The molecule has 1 fully saturated rings. The summed E-state index contributed by atoms with van der Waals surface area (Å²) in [5.41, 5.74) is 3.56. The Hall–Kier alpha value is -2.73. The Morgan fingerprint density at radius 1 is 1.30 bits per heavy atom. The molecule has 4 rings (SSSR count). The van der Waals surface area contributed by atoms with E-state index in [0.717, 1.165) is 59.2 Å². The highest BCUT2D eigenvalue weighted by molar-refractivity contribution is 7.18. The maximum Gasteiger partial charge on any atom is 0.490 e. The van der Waals surface area contributed by atoms with E-state index in [1.165, 1.54) is 0 Å². The summed E-state index contributed by atoms with van der Waals surface area (Å²) < 4.78 is 31.7. The Balaban J connectivity index is 0.000000318. The van der Waals surface area contributed by atoms with E-state index in [1.807, 2.05) is 13.0 Å². The van der Waals surface area contributed by atoms with Crippen LogP contribution in [0.5, 0.6) is 0 Å². The number of aryl methyl sites for hydroxylation is 2. The zero-order chi connectivity index (χ0) is 22.1. The number of anilines is 1. The number of fused-ring (bicyclic) bond motifs is 2. The van der Waals surface area contributed by atoms with Crippen LogP contribution in [0.1, 0.15) is 17.5 Å². The number of carbonyl (C=O) groups is 1. The molecule has 0 aliphatic carbocycles. The van der Waals surface area contributed by atoms with E-state index in [4.69, 9.17) is 9.90 Å². The molecule has 1 saturated heterocycles. The molecule has 0 spiro atoms. The van der Waals surface area contributed by atoms with Crippen LogP contribution in [0.2, 0.25) is 0 Å². The fourth-order valence-electron chi connectivity index (χ4n) is 3.15. The number of thiophene rings is 1. The quantitative estimate of drug-likeness (QED) is 0.558.